The summed E-state index contributed by atoms with van der Waals surface area (Å²) in [6.07, 6.45) is 0. The van der Waals surface area contributed by atoms with Crippen molar-refractivity contribution in [3.63, 3.8) is 0 Å². The maximum atomic E-state index is 11.8. The minimum absolute atomic E-state index is 0.255. The molecule has 6 nitrogen and oxygen atoms in total. The van der Waals surface area contributed by atoms with Crippen molar-refractivity contribution in [2.75, 3.05) is 18.9 Å². The highest BCUT2D eigenvalue weighted by Crippen LogP contribution is 2.09. The fourth-order valence-electron chi connectivity index (χ4n) is 1.48. The Morgan fingerprint density at radius 3 is 2.65 bits per heavy atom. The van der Waals surface area contributed by atoms with Gasteiger partial charge in [-0.2, -0.15) is 5.10 Å². The molecule has 1 rings (SSSR count). The first-order valence-electron chi connectivity index (χ1n) is 5.44. The third kappa shape index (κ3) is 4.07. The zero-order chi connectivity index (χ0) is 13.2. The number of likely N-dealkylation sites (N-methyl/N-ethyl adjacent to an activating group) is 1. The van der Waals surface area contributed by atoms with Crippen molar-refractivity contribution in [3.05, 3.63) is 11.8 Å². The SMILES string of the molecule is Cc1cc(NC(=O)N(C)CC(C)(C)O)nn1C. The molecule has 0 bridgehead atoms. The molecule has 0 radical (unpaired) electrons. The van der Waals surface area contributed by atoms with Crippen LogP contribution in [0.15, 0.2) is 6.07 Å². The first kappa shape index (κ1) is 13.5. The molecule has 0 aliphatic rings. The number of hydrogen-bond donors (Lipinski definition) is 2. The standard InChI is InChI=1S/C11H20N4O2/c1-8-6-9(13-15(8)5)12-10(16)14(4)7-11(2,3)17/h6,17H,7H2,1-5H3,(H,12,13,16). The first-order valence-corrected chi connectivity index (χ1v) is 5.44. The Kier molecular flexibility index (Phi) is 3.77. The Morgan fingerprint density at radius 2 is 2.24 bits per heavy atom. The summed E-state index contributed by atoms with van der Waals surface area (Å²) < 4.78 is 1.69. The number of hydrogen-bond acceptors (Lipinski definition) is 3. The quantitative estimate of drug-likeness (QED) is 0.826. The topological polar surface area (TPSA) is 70.4 Å². The summed E-state index contributed by atoms with van der Waals surface area (Å²) in [5, 5.41) is 16.4. The molecule has 2 N–H and O–H groups in total. The molecule has 1 heterocycles. The molecule has 0 fully saturated rings. The van der Waals surface area contributed by atoms with E-state index in [-0.39, 0.29) is 12.6 Å². The van der Waals surface area contributed by atoms with Gasteiger partial charge in [0.1, 0.15) is 0 Å². The molecule has 6 heteroatoms. The summed E-state index contributed by atoms with van der Waals surface area (Å²) >= 11 is 0. The van der Waals surface area contributed by atoms with Gasteiger partial charge in [-0.3, -0.25) is 10.00 Å². The van der Waals surface area contributed by atoms with Crippen molar-refractivity contribution >= 4 is 11.8 Å². The Labute approximate surface area is 101 Å². The van der Waals surface area contributed by atoms with Crippen molar-refractivity contribution in [1.29, 1.82) is 0 Å². The molecule has 0 spiro atoms. The minimum atomic E-state index is -0.911. The smallest absolute Gasteiger partial charge is 0.322 e. The molecule has 0 saturated heterocycles. The third-order valence-corrected chi connectivity index (χ3v) is 2.32. The lowest BCUT2D eigenvalue weighted by Crippen LogP contribution is -2.41. The monoisotopic (exact) mass is 240 g/mol. The largest absolute Gasteiger partial charge is 0.389 e. The Hall–Kier alpha value is -1.56. The summed E-state index contributed by atoms with van der Waals surface area (Å²) in [4.78, 5) is 13.2. The van der Waals surface area contributed by atoms with Crippen molar-refractivity contribution in [2.24, 2.45) is 7.05 Å². The molecule has 0 aliphatic carbocycles. The van der Waals surface area contributed by atoms with Crippen LogP contribution in [0.25, 0.3) is 0 Å². The van der Waals surface area contributed by atoms with Crippen molar-refractivity contribution < 1.29 is 9.90 Å². The number of rotatable bonds is 3. The lowest BCUT2D eigenvalue weighted by atomic mass is 10.1. The lowest BCUT2D eigenvalue weighted by Gasteiger charge is -2.25. The second kappa shape index (κ2) is 4.75. The molecule has 17 heavy (non-hydrogen) atoms. The predicted molar refractivity (Wildman–Crippen MR) is 65.9 cm³/mol. The number of anilines is 1. The number of carbonyl (C=O) groups is 1. The molecule has 2 amide bonds. The number of nitrogens with zero attached hydrogens (tertiary/aromatic N) is 3. The van der Waals surface area contributed by atoms with Crippen LogP contribution in [0.2, 0.25) is 0 Å². The highest BCUT2D eigenvalue weighted by atomic mass is 16.3. The molecule has 0 aromatic carbocycles. The van der Waals surface area contributed by atoms with E-state index in [4.69, 9.17) is 0 Å². The third-order valence-electron chi connectivity index (χ3n) is 2.32. The van der Waals surface area contributed by atoms with Gasteiger partial charge in [-0.15, -0.1) is 0 Å². The van der Waals surface area contributed by atoms with Gasteiger partial charge in [-0.05, 0) is 20.8 Å². The van der Waals surface area contributed by atoms with E-state index in [2.05, 4.69) is 10.4 Å². The molecule has 1 aromatic heterocycles. The van der Waals surface area contributed by atoms with E-state index in [0.29, 0.717) is 5.82 Å². The van der Waals surface area contributed by atoms with Crippen molar-refractivity contribution in [2.45, 2.75) is 26.4 Å². The number of aliphatic hydroxyl groups is 1. The molecular formula is C11H20N4O2. The van der Waals surface area contributed by atoms with E-state index in [9.17, 15) is 9.90 Å². The fraction of sp³-hybridized carbons (Fsp3) is 0.636. The van der Waals surface area contributed by atoms with E-state index in [0.717, 1.165) is 5.69 Å². The van der Waals surface area contributed by atoms with E-state index >= 15 is 0 Å². The maximum absolute atomic E-state index is 11.8. The molecule has 0 saturated carbocycles. The zero-order valence-electron chi connectivity index (χ0n) is 11.0. The molecule has 96 valence electrons. The van der Waals surface area contributed by atoms with Crippen LogP contribution in [0.1, 0.15) is 19.5 Å². The maximum Gasteiger partial charge on any atom is 0.322 e. The fourth-order valence-corrected chi connectivity index (χ4v) is 1.48. The number of aryl methyl sites for hydroxylation is 2. The number of nitrogens with one attached hydrogen (secondary N) is 1. The van der Waals surface area contributed by atoms with Crippen molar-refractivity contribution in [1.82, 2.24) is 14.7 Å². The van der Waals surface area contributed by atoms with Crippen molar-refractivity contribution in [3.8, 4) is 0 Å². The molecule has 1 aromatic rings. The highest BCUT2D eigenvalue weighted by molar-refractivity contribution is 5.88. The summed E-state index contributed by atoms with van der Waals surface area (Å²) in [5.74, 6) is 0.512. The van der Waals surface area contributed by atoms with Gasteiger partial charge in [0.05, 0.1) is 12.1 Å². The average Bonchev–Trinajstić information content (AvgIpc) is 2.42. The number of carbonyl (C=O) groups excluding carboxylic acids is 1. The highest BCUT2D eigenvalue weighted by Gasteiger charge is 2.19. The minimum Gasteiger partial charge on any atom is -0.389 e. The summed E-state index contributed by atoms with van der Waals surface area (Å²) in [7, 11) is 3.44. The van der Waals surface area contributed by atoms with Crippen LogP contribution in [0, 0.1) is 6.92 Å². The molecular weight excluding hydrogens is 220 g/mol. The van der Waals surface area contributed by atoms with Crippen LogP contribution in [0.4, 0.5) is 10.6 Å². The molecule has 0 unspecified atom stereocenters. The number of amides is 2. The van der Waals surface area contributed by atoms with E-state index in [1.54, 1.807) is 31.6 Å². The van der Waals surface area contributed by atoms with Gasteiger partial charge in [0.15, 0.2) is 5.82 Å². The van der Waals surface area contributed by atoms with Crippen LogP contribution in [-0.4, -0.2) is 45.0 Å². The van der Waals surface area contributed by atoms with Gasteiger partial charge >= 0.3 is 6.03 Å². The lowest BCUT2D eigenvalue weighted by molar-refractivity contribution is 0.0550. The van der Waals surface area contributed by atoms with Gasteiger partial charge < -0.3 is 10.0 Å². The summed E-state index contributed by atoms with van der Waals surface area (Å²) in [6.45, 7) is 5.47. The normalized spacial score (nSPS) is 11.4. The zero-order valence-corrected chi connectivity index (χ0v) is 11.0. The number of urea groups is 1. The summed E-state index contributed by atoms with van der Waals surface area (Å²) in [6, 6.07) is 1.50. The van der Waals surface area contributed by atoms with Gasteiger partial charge in [-0.25, -0.2) is 4.79 Å². The van der Waals surface area contributed by atoms with Crippen LogP contribution in [0.3, 0.4) is 0 Å². The van der Waals surface area contributed by atoms with E-state index < -0.39 is 5.60 Å². The van der Waals surface area contributed by atoms with Crippen LogP contribution < -0.4 is 5.32 Å². The number of aromatic nitrogens is 2. The average molecular weight is 240 g/mol. The Morgan fingerprint density at radius 1 is 1.65 bits per heavy atom. The van der Waals surface area contributed by atoms with E-state index in [1.165, 1.54) is 4.90 Å². The Bertz CT molecular complexity index is 387. The van der Waals surface area contributed by atoms with Gasteiger partial charge in [0, 0.05) is 25.9 Å². The van der Waals surface area contributed by atoms with Crippen LogP contribution >= 0.6 is 0 Å². The van der Waals surface area contributed by atoms with Gasteiger partial charge in [0.2, 0.25) is 0 Å². The molecule has 0 atom stereocenters. The predicted octanol–water partition coefficient (Wildman–Crippen LogP) is 0.963. The second-order valence-electron chi connectivity index (χ2n) is 4.89. The second-order valence-corrected chi connectivity index (χ2v) is 4.89. The van der Waals surface area contributed by atoms with E-state index in [1.807, 2.05) is 14.0 Å². The van der Waals surface area contributed by atoms with Crippen LogP contribution in [0.5, 0.6) is 0 Å². The summed E-state index contributed by atoms with van der Waals surface area (Å²) in [5.41, 5.74) is 0.0528. The first-order chi connectivity index (χ1) is 7.69. The Balaban J connectivity index is 2.60. The van der Waals surface area contributed by atoms with Gasteiger partial charge in [-0.1, -0.05) is 0 Å². The van der Waals surface area contributed by atoms with Crippen LogP contribution in [-0.2, 0) is 7.05 Å². The van der Waals surface area contributed by atoms with Gasteiger partial charge in [0.25, 0.3) is 0 Å². The molecule has 0 aliphatic heterocycles.